The summed E-state index contributed by atoms with van der Waals surface area (Å²) in [7, 11) is 0. The van der Waals surface area contributed by atoms with Crippen LogP contribution in [-0.4, -0.2) is 47.1 Å². The van der Waals surface area contributed by atoms with Crippen molar-refractivity contribution in [2.75, 3.05) is 6.54 Å². The van der Waals surface area contributed by atoms with E-state index in [-0.39, 0.29) is 6.17 Å². The number of carbonyl (C=O) groups excluding carboxylic acids is 2. The predicted octanol–water partition coefficient (Wildman–Crippen LogP) is -0.753. The predicted molar refractivity (Wildman–Crippen MR) is 53.0 cm³/mol. The van der Waals surface area contributed by atoms with E-state index in [0.29, 0.717) is 19.4 Å². The van der Waals surface area contributed by atoms with Crippen LogP contribution < -0.4 is 5.32 Å². The van der Waals surface area contributed by atoms with E-state index in [9.17, 15) is 14.7 Å². The van der Waals surface area contributed by atoms with Gasteiger partial charge in [-0.05, 0) is 19.3 Å². The summed E-state index contributed by atoms with van der Waals surface area (Å²) in [6.45, 7) is 0.476. The van der Waals surface area contributed by atoms with Gasteiger partial charge in [0.05, 0.1) is 17.8 Å². The van der Waals surface area contributed by atoms with Crippen molar-refractivity contribution in [2.45, 2.75) is 43.5 Å². The molecule has 0 radical (unpaired) electrons. The van der Waals surface area contributed by atoms with Crippen molar-refractivity contribution in [1.82, 2.24) is 10.2 Å². The molecule has 1 saturated heterocycles. The second-order valence-electron chi connectivity index (χ2n) is 4.42. The van der Waals surface area contributed by atoms with E-state index in [2.05, 4.69) is 5.32 Å². The van der Waals surface area contributed by atoms with Crippen molar-refractivity contribution in [3.8, 4) is 0 Å². The van der Waals surface area contributed by atoms with E-state index in [1.165, 1.54) is 0 Å². The number of aliphatic hydroxyl groups excluding tert-OH is 1. The van der Waals surface area contributed by atoms with E-state index in [1.54, 1.807) is 0 Å². The molecule has 0 bridgehead atoms. The van der Waals surface area contributed by atoms with Crippen LogP contribution in [0.5, 0.6) is 0 Å². The Kier molecular flexibility index (Phi) is 2.75. The molecule has 1 saturated carbocycles. The third-order valence-electron chi connectivity index (χ3n) is 3.55. The Balaban J connectivity index is 2.11. The Labute approximate surface area is 88.4 Å². The molecule has 1 heterocycles. The molecule has 1 aliphatic carbocycles. The minimum Gasteiger partial charge on any atom is -0.392 e. The Bertz CT molecular complexity index is 265. The molecule has 0 spiro atoms. The molecule has 2 rings (SSSR count). The van der Waals surface area contributed by atoms with Gasteiger partial charge in [0.1, 0.15) is 6.29 Å². The zero-order valence-corrected chi connectivity index (χ0v) is 8.56. The van der Waals surface area contributed by atoms with Gasteiger partial charge < -0.3 is 15.2 Å². The van der Waals surface area contributed by atoms with Gasteiger partial charge in [-0.15, -0.1) is 0 Å². The van der Waals surface area contributed by atoms with Gasteiger partial charge in [0.2, 0.25) is 6.41 Å². The lowest BCUT2D eigenvalue weighted by Gasteiger charge is -2.46. The van der Waals surface area contributed by atoms with Crippen LogP contribution in [0.15, 0.2) is 0 Å². The minimum absolute atomic E-state index is 0.192. The van der Waals surface area contributed by atoms with Crippen LogP contribution in [0.4, 0.5) is 0 Å². The zero-order chi connectivity index (χ0) is 10.9. The molecule has 0 aromatic carbocycles. The van der Waals surface area contributed by atoms with Crippen LogP contribution in [-0.2, 0) is 9.59 Å². The standard InChI is InChI=1S/C10H16N2O3/c13-6-10(2-1-3-10)12-5-8(15)4-9(12)11-7-14/h6-9,15H,1-5H2,(H,11,14). The van der Waals surface area contributed by atoms with Gasteiger partial charge >= 0.3 is 0 Å². The number of amides is 1. The summed E-state index contributed by atoms with van der Waals surface area (Å²) in [5.74, 6) is 0. The number of β-amino-alcohol motifs (C(OH)–C–C–N with tert-alkyl or cyclic N) is 1. The molecule has 1 amide bonds. The van der Waals surface area contributed by atoms with Crippen molar-refractivity contribution in [3.05, 3.63) is 0 Å². The molecule has 2 unspecified atom stereocenters. The summed E-state index contributed by atoms with van der Waals surface area (Å²) >= 11 is 0. The van der Waals surface area contributed by atoms with Crippen molar-refractivity contribution >= 4 is 12.7 Å². The molecule has 0 aromatic heterocycles. The summed E-state index contributed by atoms with van der Waals surface area (Å²) < 4.78 is 0. The number of hydrogen-bond acceptors (Lipinski definition) is 4. The van der Waals surface area contributed by atoms with Crippen LogP contribution in [0.3, 0.4) is 0 Å². The molecular formula is C10H16N2O3. The topological polar surface area (TPSA) is 69.6 Å². The lowest BCUT2D eigenvalue weighted by molar-refractivity contribution is -0.127. The Hall–Kier alpha value is -0.940. The van der Waals surface area contributed by atoms with Crippen LogP contribution in [0.2, 0.25) is 0 Å². The van der Waals surface area contributed by atoms with Crippen molar-refractivity contribution in [1.29, 1.82) is 0 Å². The zero-order valence-electron chi connectivity index (χ0n) is 8.56. The minimum atomic E-state index is -0.445. The summed E-state index contributed by atoms with van der Waals surface area (Å²) in [5.41, 5.74) is -0.432. The van der Waals surface area contributed by atoms with Gasteiger partial charge in [-0.1, -0.05) is 0 Å². The molecular weight excluding hydrogens is 196 g/mol. The van der Waals surface area contributed by atoms with E-state index >= 15 is 0 Å². The maximum Gasteiger partial charge on any atom is 0.208 e. The fraction of sp³-hybridized carbons (Fsp3) is 0.800. The first kappa shape index (κ1) is 10.6. The lowest BCUT2D eigenvalue weighted by atomic mass is 9.76. The van der Waals surface area contributed by atoms with Crippen LogP contribution >= 0.6 is 0 Å². The molecule has 2 aliphatic rings. The summed E-state index contributed by atoms with van der Waals surface area (Å²) in [6.07, 6.45) is 4.18. The number of likely N-dealkylation sites (tertiary alicyclic amines) is 1. The van der Waals surface area contributed by atoms with E-state index in [0.717, 1.165) is 25.5 Å². The molecule has 5 nitrogen and oxygen atoms in total. The first-order chi connectivity index (χ1) is 7.22. The smallest absolute Gasteiger partial charge is 0.208 e. The maximum atomic E-state index is 11.1. The van der Waals surface area contributed by atoms with Crippen molar-refractivity contribution in [3.63, 3.8) is 0 Å². The summed E-state index contributed by atoms with van der Waals surface area (Å²) in [4.78, 5) is 23.5. The quantitative estimate of drug-likeness (QED) is 0.601. The van der Waals surface area contributed by atoms with Crippen molar-refractivity contribution in [2.24, 2.45) is 0 Å². The second-order valence-corrected chi connectivity index (χ2v) is 4.42. The first-order valence-corrected chi connectivity index (χ1v) is 5.33. The number of rotatable bonds is 4. The maximum absolute atomic E-state index is 11.1. The monoisotopic (exact) mass is 212 g/mol. The first-order valence-electron chi connectivity index (χ1n) is 5.33. The van der Waals surface area contributed by atoms with Crippen LogP contribution in [0, 0.1) is 0 Å². The van der Waals surface area contributed by atoms with Gasteiger partial charge in [0.15, 0.2) is 0 Å². The summed E-state index contributed by atoms with van der Waals surface area (Å²) in [6, 6.07) is 0. The number of carbonyl (C=O) groups is 2. The third kappa shape index (κ3) is 1.66. The van der Waals surface area contributed by atoms with Gasteiger partial charge in [0.25, 0.3) is 0 Å². The largest absolute Gasteiger partial charge is 0.392 e. The van der Waals surface area contributed by atoms with Gasteiger partial charge in [-0.25, -0.2) is 0 Å². The SMILES string of the molecule is O=CNC1CC(O)CN1C1(C=O)CCC1. The summed E-state index contributed by atoms with van der Waals surface area (Å²) in [5, 5.41) is 12.2. The highest BCUT2D eigenvalue weighted by Crippen LogP contribution is 2.39. The second kappa shape index (κ2) is 3.90. The van der Waals surface area contributed by atoms with Gasteiger partial charge in [-0.2, -0.15) is 0 Å². The van der Waals surface area contributed by atoms with E-state index in [4.69, 9.17) is 0 Å². The lowest BCUT2D eigenvalue weighted by Crippen LogP contribution is -2.59. The molecule has 0 aromatic rings. The molecule has 5 heteroatoms. The van der Waals surface area contributed by atoms with Gasteiger partial charge in [-0.3, -0.25) is 9.69 Å². The number of nitrogens with one attached hydrogen (secondary N) is 1. The molecule has 15 heavy (non-hydrogen) atoms. The molecule has 2 atom stereocenters. The van der Waals surface area contributed by atoms with Crippen molar-refractivity contribution < 1.29 is 14.7 Å². The number of hydrogen-bond donors (Lipinski definition) is 2. The highest BCUT2D eigenvalue weighted by molar-refractivity contribution is 5.66. The van der Waals surface area contributed by atoms with Crippen LogP contribution in [0.1, 0.15) is 25.7 Å². The molecule has 1 aliphatic heterocycles. The number of aldehydes is 1. The number of aliphatic hydroxyl groups is 1. The fourth-order valence-electron chi connectivity index (χ4n) is 2.55. The highest BCUT2D eigenvalue weighted by atomic mass is 16.3. The fourth-order valence-corrected chi connectivity index (χ4v) is 2.55. The Morgan fingerprint density at radius 2 is 2.13 bits per heavy atom. The average Bonchev–Trinajstić information content (AvgIpc) is 2.48. The Morgan fingerprint density at radius 3 is 2.60 bits per heavy atom. The normalized spacial score (nSPS) is 34.5. The third-order valence-corrected chi connectivity index (χ3v) is 3.55. The highest BCUT2D eigenvalue weighted by Gasteiger charge is 2.48. The molecule has 2 N–H and O–H groups in total. The van der Waals surface area contributed by atoms with E-state index < -0.39 is 11.6 Å². The Morgan fingerprint density at radius 1 is 1.40 bits per heavy atom. The average molecular weight is 212 g/mol. The van der Waals surface area contributed by atoms with E-state index in [1.807, 2.05) is 4.90 Å². The number of nitrogens with zero attached hydrogens (tertiary/aromatic N) is 1. The molecule has 84 valence electrons. The van der Waals surface area contributed by atoms with Gasteiger partial charge in [0, 0.05) is 13.0 Å². The molecule has 2 fully saturated rings. The van der Waals surface area contributed by atoms with Crippen LogP contribution in [0.25, 0.3) is 0 Å².